The third-order valence-corrected chi connectivity index (χ3v) is 6.10. The average molecular weight is 387 g/mol. The van der Waals surface area contributed by atoms with Crippen LogP contribution in [-0.2, 0) is 19.2 Å². The van der Waals surface area contributed by atoms with Crippen LogP contribution < -0.4 is 11.2 Å². The van der Waals surface area contributed by atoms with Crippen LogP contribution in [0.4, 0.5) is 0 Å². The van der Waals surface area contributed by atoms with Gasteiger partial charge in [0.05, 0.1) is 0 Å². The van der Waals surface area contributed by atoms with Gasteiger partial charge in [-0.3, -0.25) is 34.7 Å². The molecule has 10 nitrogen and oxygen atoms in total. The topological polar surface area (TPSA) is 145 Å². The number of β-lactam (4-membered cyclic amide) rings is 1. The highest BCUT2D eigenvalue weighted by Crippen LogP contribution is 2.40. The van der Waals surface area contributed by atoms with Crippen molar-refractivity contribution < 1.29 is 24.3 Å². The lowest BCUT2D eigenvalue weighted by Crippen LogP contribution is -2.68. The molecule has 12 heteroatoms. The number of fused-ring (bicyclic) bond motifs is 1. The molecule has 0 spiro atoms. The van der Waals surface area contributed by atoms with E-state index in [0.29, 0.717) is 16.5 Å². The summed E-state index contributed by atoms with van der Waals surface area (Å²) < 4.78 is 0. The third kappa shape index (κ3) is 3.80. The maximum absolute atomic E-state index is 11.9. The lowest BCUT2D eigenvalue weighted by atomic mass is 10.0. The van der Waals surface area contributed by atoms with Crippen molar-refractivity contribution in [1.82, 2.24) is 15.3 Å². The molecule has 2 amide bonds. The number of carboxylic acid groups (broad SMARTS) is 1. The lowest BCUT2D eigenvalue weighted by molar-refractivity contribution is -0.147. The number of hydrogen-bond acceptors (Lipinski definition) is 8. The number of thioether (sulfide) groups is 2. The Labute approximate surface area is 151 Å². The van der Waals surface area contributed by atoms with Gasteiger partial charge in [-0.15, -0.1) is 11.8 Å². The van der Waals surface area contributed by atoms with Crippen molar-refractivity contribution in [3.8, 4) is 0 Å². The predicted octanol–water partition coefficient (Wildman–Crippen LogP) is -1.55. The summed E-state index contributed by atoms with van der Waals surface area (Å²) in [5.74, 6) is -1.73. The molecular weight excluding hydrogens is 370 g/mol. The van der Waals surface area contributed by atoms with Crippen LogP contribution in [0.3, 0.4) is 0 Å². The summed E-state index contributed by atoms with van der Waals surface area (Å²) in [4.78, 5) is 50.2. The van der Waals surface area contributed by atoms with Crippen LogP contribution in [0.25, 0.3) is 0 Å². The van der Waals surface area contributed by atoms with E-state index in [0.717, 1.165) is 0 Å². The highest BCUT2D eigenvalue weighted by Gasteiger charge is 2.51. The number of nitrogens with two attached hydrogens (primary N) is 1. The van der Waals surface area contributed by atoms with Gasteiger partial charge in [-0.05, 0) is 5.57 Å². The first kappa shape index (κ1) is 19.3. The van der Waals surface area contributed by atoms with Gasteiger partial charge in [0.2, 0.25) is 12.2 Å². The average Bonchev–Trinajstić information content (AvgIpc) is 2.60. The van der Waals surface area contributed by atoms with Crippen LogP contribution in [0.15, 0.2) is 16.3 Å². The molecule has 136 valence electrons. The fourth-order valence-corrected chi connectivity index (χ4v) is 4.73. The lowest BCUT2D eigenvalue weighted by Gasteiger charge is -2.48. The molecule has 0 aromatic carbocycles. The van der Waals surface area contributed by atoms with Crippen LogP contribution >= 0.6 is 23.5 Å². The van der Waals surface area contributed by atoms with Crippen molar-refractivity contribution in [2.24, 2.45) is 10.7 Å². The van der Waals surface area contributed by atoms with Crippen molar-refractivity contribution >= 4 is 52.8 Å². The minimum Gasteiger partial charge on any atom is -0.477 e. The molecule has 0 bridgehead atoms. The molecule has 2 aliphatic heterocycles. The maximum atomic E-state index is 11.9. The highest BCUT2D eigenvalue weighted by atomic mass is 32.2. The van der Waals surface area contributed by atoms with Crippen LogP contribution in [0, 0.1) is 0 Å². The number of nitrogens with zero attached hydrogens (tertiary/aromatic N) is 3. The Morgan fingerprint density at radius 1 is 1.60 bits per heavy atom. The Morgan fingerprint density at radius 2 is 2.28 bits per heavy atom. The van der Waals surface area contributed by atoms with E-state index in [1.54, 1.807) is 0 Å². The van der Waals surface area contributed by atoms with Crippen LogP contribution in [0.2, 0.25) is 0 Å². The second-order valence-electron chi connectivity index (χ2n) is 5.14. The molecule has 4 N–H and O–H groups in total. The molecule has 0 aliphatic carbocycles. The van der Waals surface area contributed by atoms with E-state index in [9.17, 15) is 24.3 Å². The summed E-state index contributed by atoms with van der Waals surface area (Å²) in [5, 5.41) is 10.8. The van der Waals surface area contributed by atoms with E-state index in [-0.39, 0.29) is 23.1 Å². The minimum atomic E-state index is -1.18. The van der Waals surface area contributed by atoms with E-state index < -0.39 is 23.8 Å². The van der Waals surface area contributed by atoms with Crippen molar-refractivity contribution in [1.29, 1.82) is 0 Å². The standard InChI is InChI=1S/C13H17N5O5S2/c1-15-13(17(2)16-7(20)3-19)25-5-6-4-24-11-8(14)10(21)18(11)9(6)12(22)23/h3,8,11H,4-5,14H2,1-2H3,(H,16,20)(H,22,23). The number of carbonyl (C=O) groups is 4. The Hall–Kier alpha value is -2.05. The highest BCUT2D eigenvalue weighted by molar-refractivity contribution is 8.14. The fraction of sp³-hybridized carbons (Fsp3) is 0.462. The van der Waals surface area contributed by atoms with Crippen molar-refractivity contribution in [3.63, 3.8) is 0 Å². The number of carboxylic acids is 1. The number of aliphatic imine (C=N–C) groups is 1. The summed E-state index contributed by atoms with van der Waals surface area (Å²) in [6.45, 7) is 0. The molecule has 0 aromatic heterocycles. The van der Waals surface area contributed by atoms with Gasteiger partial charge >= 0.3 is 11.9 Å². The summed E-state index contributed by atoms with van der Waals surface area (Å²) in [5.41, 5.74) is 8.52. The summed E-state index contributed by atoms with van der Waals surface area (Å²) in [6, 6.07) is -0.675. The number of amides is 2. The number of hydrogen-bond donors (Lipinski definition) is 3. The molecule has 2 aliphatic rings. The van der Waals surface area contributed by atoms with Crippen molar-refractivity contribution in [2.45, 2.75) is 11.4 Å². The Balaban J connectivity index is 2.12. The van der Waals surface area contributed by atoms with E-state index in [4.69, 9.17) is 5.73 Å². The van der Waals surface area contributed by atoms with Gasteiger partial charge in [-0.2, -0.15) is 0 Å². The Morgan fingerprint density at radius 3 is 2.84 bits per heavy atom. The van der Waals surface area contributed by atoms with Gasteiger partial charge in [0.15, 0.2) is 5.17 Å². The van der Waals surface area contributed by atoms with Gasteiger partial charge in [0, 0.05) is 25.6 Å². The van der Waals surface area contributed by atoms with Crippen molar-refractivity contribution in [2.75, 3.05) is 25.6 Å². The molecule has 1 fully saturated rings. The molecule has 0 saturated carbocycles. The first-order valence-corrected chi connectivity index (χ1v) is 9.09. The molecule has 0 aromatic rings. The van der Waals surface area contributed by atoms with Gasteiger partial charge in [0.25, 0.3) is 0 Å². The normalized spacial score (nSPS) is 22.9. The van der Waals surface area contributed by atoms with E-state index >= 15 is 0 Å². The monoisotopic (exact) mass is 387 g/mol. The quantitative estimate of drug-likeness (QED) is 0.130. The zero-order valence-corrected chi connectivity index (χ0v) is 15.1. The van der Waals surface area contributed by atoms with Crippen LogP contribution in [-0.4, -0.2) is 81.3 Å². The zero-order valence-electron chi connectivity index (χ0n) is 13.5. The maximum Gasteiger partial charge on any atom is 0.352 e. The fourth-order valence-electron chi connectivity index (χ4n) is 2.39. The predicted molar refractivity (Wildman–Crippen MR) is 93.5 cm³/mol. The van der Waals surface area contributed by atoms with Gasteiger partial charge < -0.3 is 10.8 Å². The Kier molecular flexibility index (Phi) is 6.08. The van der Waals surface area contributed by atoms with Crippen molar-refractivity contribution in [3.05, 3.63) is 11.3 Å². The molecule has 2 heterocycles. The van der Waals surface area contributed by atoms with Crippen LogP contribution in [0.5, 0.6) is 0 Å². The van der Waals surface area contributed by atoms with E-state index in [2.05, 4.69) is 10.4 Å². The van der Waals surface area contributed by atoms with Gasteiger partial charge in [-0.1, -0.05) is 11.8 Å². The first-order valence-electron chi connectivity index (χ1n) is 7.06. The summed E-state index contributed by atoms with van der Waals surface area (Å²) in [6.07, 6.45) is 0.135. The minimum absolute atomic E-state index is 0.0435. The smallest absolute Gasteiger partial charge is 0.352 e. The van der Waals surface area contributed by atoms with Crippen LogP contribution in [0.1, 0.15) is 0 Å². The number of carbonyl (C=O) groups excluding carboxylic acids is 3. The summed E-state index contributed by atoms with van der Waals surface area (Å²) in [7, 11) is 3.01. The number of rotatable bonds is 4. The number of amidine groups is 1. The zero-order chi connectivity index (χ0) is 18.7. The SMILES string of the molecule is CN=C(SCC1=C(C(=O)O)N2C(=O)C(N)C2SC1)N(C)NC(=O)C=O. The number of aliphatic carboxylic acids is 1. The summed E-state index contributed by atoms with van der Waals surface area (Å²) >= 11 is 2.59. The molecule has 2 atom stereocenters. The van der Waals surface area contributed by atoms with E-state index in [1.165, 1.54) is 47.5 Å². The second-order valence-corrected chi connectivity index (χ2v) is 7.19. The van der Waals surface area contributed by atoms with Gasteiger partial charge in [0.1, 0.15) is 17.1 Å². The Bertz CT molecular complexity index is 680. The first-order chi connectivity index (χ1) is 11.8. The number of aldehydes is 1. The molecular formula is C13H17N5O5S2. The largest absolute Gasteiger partial charge is 0.477 e. The number of hydrazine groups is 1. The third-order valence-electron chi connectivity index (χ3n) is 3.53. The number of nitrogens with one attached hydrogen (secondary N) is 1. The van der Waals surface area contributed by atoms with E-state index in [1.807, 2.05) is 0 Å². The molecule has 1 saturated heterocycles. The molecule has 0 radical (unpaired) electrons. The second kappa shape index (κ2) is 7.89. The van der Waals surface area contributed by atoms with Gasteiger partial charge in [-0.25, -0.2) is 4.79 Å². The molecule has 25 heavy (non-hydrogen) atoms. The molecule has 2 rings (SSSR count). The molecule has 2 unspecified atom stereocenters.